The predicted molar refractivity (Wildman–Crippen MR) is 76.7 cm³/mol. The molecular formula is C16H11Br. The number of hydrogen-bond acceptors (Lipinski definition) is 0. The Balaban J connectivity index is 2.20. The molecule has 0 unspecified atom stereocenters. The van der Waals surface area contributed by atoms with Gasteiger partial charge in [-0.05, 0) is 42.0 Å². The van der Waals surface area contributed by atoms with E-state index in [1.165, 1.54) is 0 Å². The SMILES string of the molecule is C=Cc1ccc(C#Cc2ccc(Br)cc2)cc1. The van der Waals surface area contributed by atoms with E-state index < -0.39 is 0 Å². The highest BCUT2D eigenvalue weighted by atomic mass is 79.9. The van der Waals surface area contributed by atoms with Crippen molar-refractivity contribution in [1.29, 1.82) is 0 Å². The highest BCUT2D eigenvalue weighted by Gasteiger charge is 1.89. The zero-order chi connectivity index (χ0) is 12.1. The Kier molecular flexibility index (Phi) is 3.80. The van der Waals surface area contributed by atoms with E-state index in [0.29, 0.717) is 0 Å². The highest BCUT2D eigenvalue weighted by molar-refractivity contribution is 9.10. The summed E-state index contributed by atoms with van der Waals surface area (Å²) in [6.45, 7) is 3.72. The van der Waals surface area contributed by atoms with Crippen molar-refractivity contribution in [3.63, 3.8) is 0 Å². The quantitative estimate of drug-likeness (QED) is 0.676. The molecule has 0 aliphatic rings. The van der Waals surface area contributed by atoms with Crippen LogP contribution in [0.5, 0.6) is 0 Å². The van der Waals surface area contributed by atoms with Crippen molar-refractivity contribution < 1.29 is 0 Å². The molecule has 0 fully saturated rings. The lowest BCUT2D eigenvalue weighted by molar-refractivity contribution is 1.59. The van der Waals surface area contributed by atoms with Crippen LogP contribution in [0.2, 0.25) is 0 Å². The van der Waals surface area contributed by atoms with Crippen LogP contribution in [-0.2, 0) is 0 Å². The lowest BCUT2D eigenvalue weighted by atomic mass is 10.1. The van der Waals surface area contributed by atoms with Crippen LogP contribution in [0.15, 0.2) is 59.6 Å². The van der Waals surface area contributed by atoms with Gasteiger partial charge < -0.3 is 0 Å². The van der Waals surface area contributed by atoms with Gasteiger partial charge in [0.05, 0.1) is 0 Å². The second-order valence-electron chi connectivity index (χ2n) is 3.58. The largest absolute Gasteiger partial charge is 0.0985 e. The van der Waals surface area contributed by atoms with Crippen molar-refractivity contribution in [1.82, 2.24) is 0 Å². The molecule has 0 aliphatic carbocycles. The molecule has 82 valence electrons. The molecule has 1 heteroatoms. The van der Waals surface area contributed by atoms with Gasteiger partial charge in [0.15, 0.2) is 0 Å². The standard InChI is InChI=1S/C16H11Br/c1-2-13-3-5-14(6-4-13)7-8-15-9-11-16(17)12-10-15/h2-6,9-12H,1H2. The summed E-state index contributed by atoms with van der Waals surface area (Å²) in [4.78, 5) is 0. The van der Waals surface area contributed by atoms with E-state index in [9.17, 15) is 0 Å². The van der Waals surface area contributed by atoms with Crippen LogP contribution in [0.25, 0.3) is 6.08 Å². The fourth-order valence-electron chi connectivity index (χ4n) is 1.38. The van der Waals surface area contributed by atoms with Gasteiger partial charge in [-0.3, -0.25) is 0 Å². The van der Waals surface area contributed by atoms with Crippen LogP contribution in [0, 0.1) is 11.8 Å². The van der Waals surface area contributed by atoms with Crippen molar-refractivity contribution >= 4 is 22.0 Å². The Hall–Kier alpha value is -1.78. The molecule has 0 saturated carbocycles. The van der Waals surface area contributed by atoms with E-state index in [2.05, 4.69) is 34.3 Å². The van der Waals surface area contributed by atoms with E-state index in [-0.39, 0.29) is 0 Å². The third-order valence-electron chi connectivity index (χ3n) is 2.34. The van der Waals surface area contributed by atoms with Gasteiger partial charge in [-0.1, -0.05) is 52.6 Å². The molecule has 0 nitrogen and oxygen atoms in total. The maximum Gasteiger partial charge on any atom is 0.0249 e. The molecule has 0 saturated heterocycles. The van der Waals surface area contributed by atoms with Crippen LogP contribution < -0.4 is 0 Å². The van der Waals surface area contributed by atoms with Crippen molar-refractivity contribution in [2.75, 3.05) is 0 Å². The fraction of sp³-hybridized carbons (Fsp3) is 0. The molecule has 0 heterocycles. The molecule has 0 aliphatic heterocycles. The molecule has 2 rings (SSSR count). The summed E-state index contributed by atoms with van der Waals surface area (Å²) in [5.74, 6) is 6.26. The average Bonchev–Trinajstić information content (AvgIpc) is 2.39. The monoisotopic (exact) mass is 282 g/mol. The second-order valence-corrected chi connectivity index (χ2v) is 4.50. The molecule has 0 bridgehead atoms. The van der Waals surface area contributed by atoms with Crippen LogP contribution in [0.1, 0.15) is 16.7 Å². The molecule has 0 aromatic heterocycles. The topological polar surface area (TPSA) is 0 Å². The first kappa shape index (κ1) is 11.7. The van der Waals surface area contributed by atoms with Gasteiger partial charge in [-0.2, -0.15) is 0 Å². The predicted octanol–water partition coefficient (Wildman–Crippen LogP) is 4.49. The summed E-state index contributed by atoms with van der Waals surface area (Å²) in [5.41, 5.74) is 3.14. The van der Waals surface area contributed by atoms with Crippen molar-refractivity contribution in [2.24, 2.45) is 0 Å². The smallest absolute Gasteiger partial charge is 0.0249 e. The lowest BCUT2D eigenvalue weighted by Crippen LogP contribution is -1.77. The minimum Gasteiger partial charge on any atom is -0.0985 e. The third kappa shape index (κ3) is 3.34. The van der Waals surface area contributed by atoms with E-state index >= 15 is 0 Å². The molecule has 0 radical (unpaired) electrons. The molecule has 0 amide bonds. The second kappa shape index (κ2) is 5.52. The fourth-order valence-corrected chi connectivity index (χ4v) is 1.64. The molecule has 17 heavy (non-hydrogen) atoms. The van der Waals surface area contributed by atoms with E-state index in [1.54, 1.807) is 0 Å². The minimum atomic E-state index is 1.01. The Morgan fingerprint density at radius 3 is 1.76 bits per heavy atom. The first-order chi connectivity index (χ1) is 8.28. The lowest BCUT2D eigenvalue weighted by Gasteiger charge is -1.93. The summed E-state index contributed by atoms with van der Waals surface area (Å²) in [5, 5.41) is 0. The Bertz CT molecular complexity index is 566. The molecular weight excluding hydrogens is 272 g/mol. The summed E-state index contributed by atoms with van der Waals surface area (Å²) in [6.07, 6.45) is 1.83. The minimum absolute atomic E-state index is 1.01. The summed E-state index contributed by atoms with van der Waals surface area (Å²) in [7, 11) is 0. The zero-order valence-corrected chi connectivity index (χ0v) is 10.9. The van der Waals surface area contributed by atoms with Gasteiger partial charge in [0.25, 0.3) is 0 Å². The summed E-state index contributed by atoms with van der Waals surface area (Å²) < 4.78 is 1.07. The van der Waals surface area contributed by atoms with Gasteiger partial charge in [-0.25, -0.2) is 0 Å². The summed E-state index contributed by atoms with van der Waals surface area (Å²) in [6, 6.07) is 16.0. The molecule has 0 spiro atoms. The van der Waals surface area contributed by atoms with Crippen LogP contribution >= 0.6 is 15.9 Å². The molecule has 2 aromatic rings. The van der Waals surface area contributed by atoms with E-state index in [4.69, 9.17) is 0 Å². The zero-order valence-electron chi connectivity index (χ0n) is 9.28. The summed E-state index contributed by atoms with van der Waals surface area (Å²) >= 11 is 3.40. The number of halogens is 1. The Morgan fingerprint density at radius 2 is 1.29 bits per heavy atom. The van der Waals surface area contributed by atoms with Gasteiger partial charge >= 0.3 is 0 Å². The van der Waals surface area contributed by atoms with Crippen LogP contribution in [0.4, 0.5) is 0 Å². The van der Waals surface area contributed by atoms with Gasteiger partial charge in [-0.15, -0.1) is 0 Å². The first-order valence-electron chi connectivity index (χ1n) is 5.28. The average molecular weight is 283 g/mol. The number of benzene rings is 2. The maximum absolute atomic E-state index is 3.72. The number of rotatable bonds is 1. The maximum atomic E-state index is 3.72. The van der Waals surface area contributed by atoms with Gasteiger partial charge in [0.1, 0.15) is 0 Å². The van der Waals surface area contributed by atoms with Crippen molar-refractivity contribution in [2.45, 2.75) is 0 Å². The van der Waals surface area contributed by atoms with E-state index in [1.807, 2.05) is 54.6 Å². The van der Waals surface area contributed by atoms with Crippen LogP contribution in [-0.4, -0.2) is 0 Å². The third-order valence-corrected chi connectivity index (χ3v) is 2.87. The molecule has 0 N–H and O–H groups in total. The normalized spacial score (nSPS) is 9.24. The Morgan fingerprint density at radius 1 is 0.824 bits per heavy atom. The highest BCUT2D eigenvalue weighted by Crippen LogP contribution is 2.10. The van der Waals surface area contributed by atoms with Gasteiger partial charge in [0.2, 0.25) is 0 Å². The Labute approximate surface area is 110 Å². The van der Waals surface area contributed by atoms with Crippen molar-refractivity contribution in [3.05, 3.63) is 76.3 Å². The van der Waals surface area contributed by atoms with Crippen molar-refractivity contribution in [3.8, 4) is 11.8 Å². The van der Waals surface area contributed by atoms with E-state index in [0.717, 1.165) is 21.2 Å². The van der Waals surface area contributed by atoms with Gasteiger partial charge in [0, 0.05) is 15.6 Å². The first-order valence-corrected chi connectivity index (χ1v) is 6.07. The van der Waals surface area contributed by atoms with Crippen LogP contribution in [0.3, 0.4) is 0 Å². The molecule has 0 atom stereocenters. The number of hydrogen-bond donors (Lipinski definition) is 0. The molecule has 2 aromatic carbocycles.